The first-order valence-corrected chi connectivity index (χ1v) is 10.4. The molecule has 0 radical (unpaired) electrons. The van der Waals surface area contributed by atoms with Gasteiger partial charge in [0.15, 0.2) is 5.96 Å². The third kappa shape index (κ3) is 7.26. The lowest BCUT2D eigenvalue weighted by Crippen LogP contribution is -2.51. The fourth-order valence-corrected chi connectivity index (χ4v) is 3.76. The predicted molar refractivity (Wildman–Crippen MR) is 132 cm³/mol. The van der Waals surface area contributed by atoms with Crippen LogP contribution in [-0.2, 0) is 13.1 Å². The molecule has 6 heteroatoms. The second-order valence-corrected chi connectivity index (χ2v) is 7.63. The first-order valence-electron chi connectivity index (χ1n) is 10.4. The summed E-state index contributed by atoms with van der Waals surface area (Å²) in [6, 6.07) is 15.8. The number of hydrogen-bond acceptors (Lipinski definition) is 3. The molecule has 0 saturated carbocycles. The second kappa shape index (κ2) is 12.1. The monoisotopic (exact) mass is 507 g/mol. The van der Waals surface area contributed by atoms with E-state index >= 15 is 0 Å². The second-order valence-electron chi connectivity index (χ2n) is 7.63. The minimum atomic E-state index is 0. The van der Waals surface area contributed by atoms with Crippen molar-refractivity contribution in [2.75, 3.05) is 13.1 Å². The number of rotatable bonds is 6. The van der Waals surface area contributed by atoms with Gasteiger partial charge in [-0.2, -0.15) is 0 Å². The summed E-state index contributed by atoms with van der Waals surface area (Å²) in [5, 5.41) is 7.03. The Hall–Kier alpha value is -1.67. The Kier molecular flexibility index (Phi) is 9.87. The maximum atomic E-state index is 4.77. The molecule has 2 aromatic rings. The number of likely N-dealkylation sites (tertiary alicyclic amines) is 1. The van der Waals surface area contributed by atoms with Crippen LogP contribution in [0.2, 0.25) is 0 Å². The van der Waals surface area contributed by atoms with E-state index in [1.54, 1.807) is 0 Å². The van der Waals surface area contributed by atoms with Gasteiger partial charge in [0.1, 0.15) is 0 Å². The average molecular weight is 507 g/mol. The minimum Gasteiger partial charge on any atom is -0.357 e. The van der Waals surface area contributed by atoms with Crippen molar-refractivity contribution >= 4 is 29.9 Å². The van der Waals surface area contributed by atoms with Crippen LogP contribution in [0.15, 0.2) is 53.7 Å². The van der Waals surface area contributed by atoms with Crippen LogP contribution in [0.5, 0.6) is 0 Å². The van der Waals surface area contributed by atoms with Crippen molar-refractivity contribution in [3.05, 3.63) is 65.5 Å². The van der Waals surface area contributed by atoms with Crippen molar-refractivity contribution in [1.29, 1.82) is 0 Å². The Balaban J connectivity index is 0.00000300. The summed E-state index contributed by atoms with van der Waals surface area (Å²) in [5.74, 6) is 0.890. The van der Waals surface area contributed by atoms with E-state index in [9.17, 15) is 0 Å². The highest BCUT2D eigenvalue weighted by atomic mass is 127. The van der Waals surface area contributed by atoms with Crippen molar-refractivity contribution in [2.24, 2.45) is 4.99 Å². The fraction of sp³-hybridized carbons (Fsp3) is 0.478. The van der Waals surface area contributed by atoms with E-state index in [2.05, 4.69) is 77.7 Å². The zero-order valence-corrected chi connectivity index (χ0v) is 20.1. The fourth-order valence-electron chi connectivity index (χ4n) is 3.76. The van der Waals surface area contributed by atoms with E-state index in [4.69, 9.17) is 4.99 Å². The van der Waals surface area contributed by atoms with E-state index in [0.717, 1.165) is 44.1 Å². The van der Waals surface area contributed by atoms with Gasteiger partial charge in [-0.05, 0) is 50.8 Å². The molecule has 1 aromatic carbocycles. The molecule has 2 atom stereocenters. The van der Waals surface area contributed by atoms with Crippen molar-refractivity contribution in [2.45, 2.75) is 58.8 Å². The highest BCUT2D eigenvalue weighted by Gasteiger charge is 2.25. The van der Waals surface area contributed by atoms with Crippen LogP contribution >= 0.6 is 24.0 Å². The number of pyridine rings is 1. The number of nitrogens with zero attached hydrogens (tertiary/aromatic N) is 3. The normalized spacial score (nSPS) is 20.0. The highest BCUT2D eigenvalue weighted by molar-refractivity contribution is 14.0. The van der Waals surface area contributed by atoms with E-state index in [1.807, 2.05) is 12.3 Å². The van der Waals surface area contributed by atoms with Crippen LogP contribution in [-0.4, -0.2) is 41.0 Å². The van der Waals surface area contributed by atoms with E-state index in [-0.39, 0.29) is 24.0 Å². The zero-order valence-electron chi connectivity index (χ0n) is 17.8. The lowest BCUT2D eigenvalue weighted by molar-refractivity contribution is 0.134. The summed E-state index contributed by atoms with van der Waals surface area (Å²) < 4.78 is 0. The van der Waals surface area contributed by atoms with Crippen LogP contribution in [0, 0.1) is 6.92 Å². The first-order chi connectivity index (χ1) is 13.7. The predicted octanol–water partition coefficient (Wildman–Crippen LogP) is 4.12. The minimum absolute atomic E-state index is 0. The summed E-state index contributed by atoms with van der Waals surface area (Å²) >= 11 is 0. The maximum Gasteiger partial charge on any atom is 0.191 e. The van der Waals surface area contributed by atoms with Gasteiger partial charge in [0, 0.05) is 37.9 Å². The van der Waals surface area contributed by atoms with Crippen molar-refractivity contribution < 1.29 is 0 Å². The van der Waals surface area contributed by atoms with Gasteiger partial charge in [-0.1, -0.05) is 36.4 Å². The lowest BCUT2D eigenvalue weighted by Gasteiger charge is -2.38. The number of aliphatic imine (C=N–C) groups is 1. The number of aryl methyl sites for hydroxylation is 1. The number of benzene rings is 1. The van der Waals surface area contributed by atoms with Gasteiger partial charge < -0.3 is 10.6 Å². The van der Waals surface area contributed by atoms with Crippen molar-refractivity contribution in [1.82, 2.24) is 20.5 Å². The Bertz CT molecular complexity index is 765. The standard InChI is InChI=1S/C23H33N5.HI/c1-4-24-23(26-16-22-18(2)9-8-13-25-22)27-21-12-14-28(19(3)15-21)17-20-10-6-5-7-11-20;/h5-11,13,19,21H,4,12,14-17H2,1-3H3,(H2,24,26,27);1H. The topological polar surface area (TPSA) is 52.6 Å². The molecule has 1 saturated heterocycles. The Morgan fingerprint density at radius 2 is 2.00 bits per heavy atom. The molecule has 1 aliphatic heterocycles. The molecule has 1 fully saturated rings. The number of aromatic nitrogens is 1. The average Bonchev–Trinajstić information content (AvgIpc) is 2.70. The Labute approximate surface area is 192 Å². The molecule has 0 spiro atoms. The number of halogens is 1. The Morgan fingerprint density at radius 3 is 2.69 bits per heavy atom. The van der Waals surface area contributed by atoms with E-state index < -0.39 is 0 Å². The SMILES string of the molecule is CCNC(=NCc1ncccc1C)NC1CCN(Cc2ccccc2)C(C)C1.I. The molecule has 2 heterocycles. The summed E-state index contributed by atoms with van der Waals surface area (Å²) in [5.41, 5.74) is 3.61. The Morgan fingerprint density at radius 1 is 1.21 bits per heavy atom. The van der Waals surface area contributed by atoms with Gasteiger partial charge in [0.05, 0.1) is 12.2 Å². The van der Waals surface area contributed by atoms with Crippen LogP contribution in [0.25, 0.3) is 0 Å². The van der Waals surface area contributed by atoms with Crippen LogP contribution in [0.4, 0.5) is 0 Å². The van der Waals surface area contributed by atoms with Gasteiger partial charge >= 0.3 is 0 Å². The molecule has 0 aliphatic carbocycles. The summed E-state index contributed by atoms with van der Waals surface area (Å²) in [6.07, 6.45) is 4.09. The van der Waals surface area contributed by atoms with E-state index in [0.29, 0.717) is 18.6 Å². The third-order valence-electron chi connectivity index (χ3n) is 5.43. The quantitative estimate of drug-likeness (QED) is 0.351. The van der Waals surface area contributed by atoms with Gasteiger partial charge in [-0.15, -0.1) is 24.0 Å². The number of nitrogens with one attached hydrogen (secondary N) is 2. The van der Waals surface area contributed by atoms with Gasteiger partial charge in [0.25, 0.3) is 0 Å². The van der Waals surface area contributed by atoms with Gasteiger partial charge in [-0.25, -0.2) is 4.99 Å². The molecule has 1 aliphatic rings. The van der Waals surface area contributed by atoms with E-state index in [1.165, 1.54) is 11.1 Å². The molecule has 158 valence electrons. The third-order valence-corrected chi connectivity index (χ3v) is 5.43. The summed E-state index contributed by atoms with van der Waals surface area (Å²) in [6.45, 7) is 10.1. The van der Waals surface area contributed by atoms with Crippen LogP contribution in [0.3, 0.4) is 0 Å². The largest absolute Gasteiger partial charge is 0.357 e. The van der Waals surface area contributed by atoms with Crippen LogP contribution in [0.1, 0.15) is 43.5 Å². The summed E-state index contributed by atoms with van der Waals surface area (Å²) in [4.78, 5) is 11.8. The first kappa shape index (κ1) is 23.6. The molecule has 0 bridgehead atoms. The smallest absolute Gasteiger partial charge is 0.191 e. The summed E-state index contributed by atoms with van der Waals surface area (Å²) in [7, 11) is 0. The van der Waals surface area contributed by atoms with Crippen LogP contribution < -0.4 is 10.6 Å². The highest BCUT2D eigenvalue weighted by Crippen LogP contribution is 2.20. The number of piperidine rings is 1. The maximum absolute atomic E-state index is 4.77. The van der Waals surface area contributed by atoms with Crippen molar-refractivity contribution in [3.63, 3.8) is 0 Å². The molecular weight excluding hydrogens is 473 g/mol. The van der Waals surface area contributed by atoms with Gasteiger partial charge in [0.2, 0.25) is 0 Å². The molecule has 5 nitrogen and oxygen atoms in total. The number of hydrogen-bond donors (Lipinski definition) is 2. The molecule has 1 aromatic heterocycles. The molecular formula is C23H34IN5. The molecule has 2 N–H and O–H groups in total. The zero-order chi connectivity index (χ0) is 19.8. The van der Waals surface area contributed by atoms with Crippen molar-refractivity contribution in [3.8, 4) is 0 Å². The number of guanidine groups is 1. The lowest BCUT2D eigenvalue weighted by atomic mass is 9.97. The molecule has 29 heavy (non-hydrogen) atoms. The molecule has 3 rings (SSSR count). The molecule has 0 amide bonds. The van der Waals surface area contributed by atoms with Gasteiger partial charge in [-0.3, -0.25) is 9.88 Å². The molecule has 2 unspecified atom stereocenters.